The summed E-state index contributed by atoms with van der Waals surface area (Å²) in [5.41, 5.74) is 17.7. The number of carbonyl (C=O) groups is 1. The van der Waals surface area contributed by atoms with Crippen LogP contribution in [-0.4, -0.2) is 40.6 Å². The lowest BCUT2D eigenvalue weighted by Gasteiger charge is -2.43. The summed E-state index contributed by atoms with van der Waals surface area (Å²) in [5, 5.41) is 1.15. The van der Waals surface area contributed by atoms with Gasteiger partial charge in [-0.25, -0.2) is 9.13 Å². The van der Waals surface area contributed by atoms with Gasteiger partial charge in [0.1, 0.15) is 0 Å². The first-order valence-corrected chi connectivity index (χ1v) is 22.3. The molecule has 0 aliphatic carbocycles. The number of ketones is 1. The van der Waals surface area contributed by atoms with Crippen molar-refractivity contribution in [2.75, 3.05) is 5.75 Å². The molecule has 5 aliphatic heterocycles. The van der Waals surface area contributed by atoms with Crippen LogP contribution in [0, 0.1) is 6.92 Å². The average Bonchev–Trinajstić information content (AvgIpc) is 4.09. The van der Waals surface area contributed by atoms with E-state index < -0.39 is 5.91 Å². The summed E-state index contributed by atoms with van der Waals surface area (Å²) in [7, 11) is 0. The summed E-state index contributed by atoms with van der Waals surface area (Å²) >= 11 is 1.85. The van der Waals surface area contributed by atoms with E-state index in [-0.39, 0.29) is 17.1 Å². The molecule has 0 bridgehead atoms. The fourth-order valence-electron chi connectivity index (χ4n) is 10.2. The van der Waals surface area contributed by atoms with Crippen molar-refractivity contribution in [3.8, 4) is 0 Å². The van der Waals surface area contributed by atoms with Gasteiger partial charge >= 0.3 is 5.91 Å². The van der Waals surface area contributed by atoms with Crippen molar-refractivity contribution >= 4 is 39.4 Å². The summed E-state index contributed by atoms with van der Waals surface area (Å²) in [6.45, 7) is 13.3. The van der Waals surface area contributed by atoms with Crippen molar-refractivity contribution in [3.63, 3.8) is 0 Å². The second-order valence-corrected chi connectivity index (χ2v) is 18.8. The van der Waals surface area contributed by atoms with Gasteiger partial charge in [0, 0.05) is 47.0 Å². The number of hydrogen-bond acceptors (Lipinski definition) is 2. The zero-order chi connectivity index (χ0) is 41.1. The number of nitrogens with zero attached hydrogens (tertiary/aromatic N) is 4. The Bertz CT molecular complexity index is 2990. The fraction of sp³-hybridized carbons (Fsp3) is 0.204. The molecule has 0 fully saturated rings. The topological polar surface area (TPSA) is 32.9 Å². The second-order valence-electron chi connectivity index (χ2n) is 17.5. The van der Waals surface area contributed by atoms with Crippen LogP contribution in [0.2, 0.25) is 0 Å². The number of benzene rings is 4. The van der Waals surface area contributed by atoms with Crippen molar-refractivity contribution in [2.45, 2.75) is 65.2 Å². The van der Waals surface area contributed by atoms with Gasteiger partial charge < -0.3 is 0 Å². The van der Waals surface area contributed by atoms with Gasteiger partial charge in [0.2, 0.25) is 11.4 Å². The summed E-state index contributed by atoms with van der Waals surface area (Å²) in [6.07, 6.45) is 9.79. The first kappa shape index (κ1) is 36.8. The van der Waals surface area contributed by atoms with E-state index in [2.05, 4.69) is 199 Å². The minimum absolute atomic E-state index is 0.00464. The molecule has 2 unspecified atom stereocenters. The lowest BCUT2D eigenvalue weighted by atomic mass is 9.85. The van der Waals surface area contributed by atoms with Gasteiger partial charge in [-0.1, -0.05) is 164 Å². The molecule has 0 N–H and O–H groups in total. The van der Waals surface area contributed by atoms with Crippen molar-refractivity contribution in [2.24, 2.45) is 0 Å². The van der Waals surface area contributed by atoms with Crippen LogP contribution in [0.25, 0.3) is 11.1 Å². The van der Waals surface area contributed by atoms with Gasteiger partial charge in [0.15, 0.2) is 0 Å². The molecule has 7 heterocycles. The first-order valence-electron chi connectivity index (χ1n) is 21.3. The molecule has 6 heteroatoms. The molecule has 5 aliphatic rings. The largest absolute Gasteiger partial charge is 0.554 e. The van der Waals surface area contributed by atoms with Gasteiger partial charge in [-0.15, -0.1) is 0 Å². The number of carbonyl (C=O) groups excluding carboxylic acids is 1. The maximum absolute atomic E-state index is 15.4. The monoisotopic (exact) mass is 800 g/mol. The summed E-state index contributed by atoms with van der Waals surface area (Å²) in [5.74, 6) is -0.223. The molecule has 4 aromatic carbocycles. The number of Topliss-reactive ketones (excluding diaryl/α,β-unsaturated/α-hetero) is 1. The molecule has 294 valence electrons. The van der Waals surface area contributed by atoms with E-state index in [0.717, 1.165) is 56.7 Å². The SMILES string of the molecule is CCSC1=[N+]2C(=C(c3ccccc3)c3ccc4n3C23n2c(ccc2C4c2ccc(C)cc2)C(c2ccc(C(C)(C)C)cc2)=C2C=CC(C(=O)c4ccc(CC)cc4)=[N+]23)C=C1. The van der Waals surface area contributed by atoms with Crippen molar-refractivity contribution < 1.29 is 13.9 Å². The molecular formula is C54H48N4OS+2. The Kier molecular flexibility index (Phi) is 8.21. The Morgan fingerprint density at radius 2 is 1.27 bits per heavy atom. The van der Waals surface area contributed by atoms with Crippen LogP contribution in [0.4, 0.5) is 0 Å². The summed E-state index contributed by atoms with van der Waals surface area (Å²) in [6, 6.07) is 46.6. The van der Waals surface area contributed by atoms with Crippen molar-refractivity contribution in [1.82, 2.24) is 9.13 Å². The normalized spacial score (nSPS) is 19.6. The Morgan fingerprint density at radius 3 is 1.87 bits per heavy atom. The molecule has 60 heavy (non-hydrogen) atoms. The molecule has 0 saturated heterocycles. The predicted molar refractivity (Wildman–Crippen MR) is 245 cm³/mol. The molecule has 0 saturated carbocycles. The summed E-state index contributed by atoms with van der Waals surface area (Å²) < 4.78 is 10.1. The number of thioether (sulfide) groups is 1. The highest BCUT2D eigenvalue weighted by Crippen LogP contribution is 2.56. The fourth-order valence-corrected chi connectivity index (χ4v) is 11.0. The van der Waals surface area contributed by atoms with Gasteiger partial charge in [-0.3, -0.25) is 4.79 Å². The Hall–Kier alpha value is -6.24. The van der Waals surface area contributed by atoms with Gasteiger partial charge in [-0.2, -0.15) is 0 Å². The van der Waals surface area contributed by atoms with Crippen LogP contribution in [0.5, 0.6) is 0 Å². The zero-order valence-corrected chi connectivity index (χ0v) is 35.8. The van der Waals surface area contributed by atoms with Crippen LogP contribution < -0.4 is 0 Å². The highest BCUT2D eigenvalue weighted by molar-refractivity contribution is 8.14. The van der Waals surface area contributed by atoms with Crippen molar-refractivity contribution in [1.29, 1.82) is 0 Å². The van der Waals surface area contributed by atoms with E-state index in [1.165, 1.54) is 39.2 Å². The third-order valence-electron chi connectivity index (χ3n) is 13.0. The molecular weight excluding hydrogens is 753 g/mol. The van der Waals surface area contributed by atoms with Gasteiger partial charge in [0.25, 0.3) is 16.5 Å². The number of aryl methyl sites for hydroxylation is 2. The van der Waals surface area contributed by atoms with E-state index in [9.17, 15) is 0 Å². The van der Waals surface area contributed by atoms with Crippen LogP contribution in [0.1, 0.15) is 107 Å². The predicted octanol–water partition coefficient (Wildman–Crippen LogP) is 11.3. The second kappa shape index (κ2) is 13.4. The first-order chi connectivity index (χ1) is 29.1. The number of rotatable bonds is 7. The lowest BCUT2D eigenvalue weighted by molar-refractivity contribution is -0.832. The van der Waals surface area contributed by atoms with E-state index in [1.807, 2.05) is 23.9 Å². The van der Waals surface area contributed by atoms with Crippen LogP contribution >= 0.6 is 11.8 Å². The summed E-state index contributed by atoms with van der Waals surface area (Å²) in [4.78, 5) is 15.4. The van der Waals surface area contributed by atoms with E-state index in [4.69, 9.17) is 0 Å². The van der Waals surface area contributed by atoms with Gasteiger partial charge in [-0.05, 0) is 70.8 Å². The highest BCUT2D eigenvalue weighted by Gasteiger charge is 2.73. The number of allylic oxidation sites excluding steroid dienone is 3. The van der Waals surface area contributed by atoms with E-state index in [1.54, 1.807) is 0 Å². The molecule has 2 atom stereocenters. The maximum Gasteiger partial charge on any atom is 0.554 e. The molecule has 6 aromatic rings. The molecule has 11 rings (SSSR count). The highest BCUT2D eigenvalue weighted by atomic mass is 32.2. The molecule has 5 nitrogen and oxygen atoms in total. The Labute approximate surface area is 356 Å². The molecule has 1 spiro atoms. The smallest absolute Gasteiger partial charge is 0.282 e. The van der Waals surface area contributed by atoms with Crippen LogP contribution in [0.15, 0.2) is 163 Å². The average molecular weight is 801 g/mol. The quantitative estimate of drug-likeness (QED) is 0.119. The molecule has 0 amide bonds. The zero-order valence-electron chi connectivity index (χ0n) is 35.0. The van der Waals surface area contributed by atoms with E-state index >= 15 is 4.79 Å². The standard InChI is InChI=1S/C54H48N4OS/c1-7-35-16-20-39(21-17-35)52(59)47-31-30-45-51(38-22-24-40(25-23-38)53(4,5)6)44-29-28-43-50(37-18-14-34(3)15-19-37)42-27-26-41-49(36-12-10-9-11-13-36)46-32-33-48(60-8-2)58(46)54(55(41)42,56(43)44)57(45)47/h9-33,50H,7-8H2,1-6H3/q+2. The number of aromatic nitrogens is 2. The maximum atomic E-state index is 15.4. The minimum Gasteiger partial charge on any atom is -0.282 e. The van der Waals surface area contributed by atoms with E-state index in [0.29, 0.717) is 11.3 Å². The Morgan fingerprint density at radius 1 is 0.667 bits per heavy atom. The minimum atomic E-state index is -1.06. The van der Waals surface area contributed by atoms with Crippen molar-refractivity contribution in [3.05, 3.63) is 225 Å². The number of fused-ring (bicyclic) bond motifs is 2. The van der Waals surface area contributed by atoms with Crippen LogP contribution in [0.3, 0.4) is 0 Å². The molecule has 0 radical (unpaired) electrons. The number of hydrogen-bond donors (Lipinski definition) is 0. The molecule has 2 aromatic heterocycles. The third-order valence-corrected chi connectivity index (χ3v) is 13.9. The van der Waals surface area contributed by atoms with Crippen LogP contribution in [-0.2, 0) is 17.7 Å². The Balaban J connectivity index is 1.31. The lowest BCUT2D eigenvalue weighted by Crippen LogP contribution is -2.66. The third kappa shape index (κ3) is 5.03. The van der Waals surface area contributed by atoms with Gasteiger partial charge in [0.05, 0.1) is 28.5 Å².